The number of rotatable bonds is 2. The van der Waals surface area contributed by atoms with Crippen molar-refractivity contribution in [2.45, 2.75) is 6.92 Å². The third kappa shape index (κ3) is 1.78. The lowest BCUT2D eigenvalue weighted by Gasteiger charge is -2.15. The maximum Gasteiger partial charge on any atom is 0.0637 e. The maximum atomic E-state index is 5.78. The van der Waals surface area contributed by atoms with Gasteiger partial charge in [-0.2, -0.15) is 0 Å². The van der Waals surface area contributed by atoms with Gasteiger partial charge in [-0.1, -0.05) is 18.2 Å². The van der Waals surface area contributed by atoms with Gasteiger partial charge in [-0.3, -0.25) is 0 Å². The predicted octanol–water partition coefficient (Wildman–Crippen LogP) is 2.24. The summed E-state index contributed by atoms with van der Waals surface area (Å²) >= 11 is 0. The van der Waals surface area contributed by atoms with E-state index in [4.69, 9.17) is 5.73 Å². The number of benzene rings is 1. The first-order chi connectivity index (χ1) is 5.75. The zero-order valence-electron chi connectivity index (χ0n) is 7.49. The lowest BCUT2D eigenvalue weighted by molar-refractivity contribution is 1.20. The van der Waals surface area contributed by atoms with Crippen LogP contribution < -0.4 is 10.6 Å². The molecule has 0 bridgehead atoms. The minimum absolute atomic E-state index is 0.804. The molecule has 0 aromatic heterocycles. The van der Waals surface area contributed by atoms with Crippen molar-refractivity contribution in [3.63, 3.8) is 0 Å². The molecule has 0 radical (unpaired) electrons. The van der Waals surface area contributed by atoms with Crippen LogP contribution in [-0.2, 0) is 0 Å². The highest BCUT2D eigenvalue weighted by Crippen LogP contribution is 2.20. The zero-order valence-corrected chi connectivity index (χ0v) is 7.49. The Kier molecular flexibility index (Phi) is 2.75. The first-order valence-electron chi connectivity index (χ1n) is 3.96. The fraction of sp³-hybridized carbons (Fsp3) is 0.200. The van der Waals surface area contributed by atoms with Gasteiger partial charge in [0.1, 0.15) is 0 Å². The van der Waals surface area contributed by atoms with Gasteiger partial charge in [-0.05, 0) is 25.3 Å². The third-order valence-electron chi connectivity index (χ3n) is 1.69. The second kappa shape index (κ2) is 3.81. The second-order valence-corrected chi connectivity index (χ2v) is 2.65. The van der Waals surface area contributed by atoms with Crippen LogP contribution in [0.15, 0.2) is 36.5 Å². The Labute approximate surface area is 73.3 Å². The summed E-state index contributed by atoms with van der Waals surface area (Å²) < 4.78 is 0. The summed E-state index contributed by atoms with van der Waals surface area (Å²) in [7, 11) is 1.98. The average Bonchev–Trinajstić information content (AvgIpc) is 2.05. The van der Waals surface area contributed by atoms with Crippen LogP contribution in [-0.4, -0.2) is 7.05 Å². The highest BCUT2D eigenvalue weighted by atomic mass is 15.1. The van der Waals surface area contributed by atoms with E-state index in [1.165, 1.54) is 0 Å². The summed E-state index contributed by atoms with van der Waals surface area (Å²) in [5.41, 5.74) is 7.62. The number of nitrogens with two attached hydrogens (primary N) is 1. The molecule has 0 unspecified atom stereocenters. The van der Waals surface area contributed by atoms with Crippen LogP contribution >= 0.6 is 0 Å². The smallest absolute Gasteiger partial charge is 0.0637 e. The van der Waals surface area contributed by atoms with Crippen LogP contribution in [0.3, 0.4) is 0 Å². The van der Waals surface area contributed by atoms with Crippen molar-refractivity contribution in [1.29, 1.82) is 0 Å². The molecule has 0 fully saturated rings. The molecule has 1 aromatic rings. The Balaban J connectivity index is 2.94. The quantitative estimate of drug-likeness (QED) is 0.676. The molecule has 2 N–H and O–H groups in total. The van der Waals surface area contributed by atoms with Crippen LogP contribution in [0.25, 0.3) is 0 Å². The SMILES string of the molecule is C/C=C\N(C)c1ccccc1N. The number of para-hydroxylation sites is 2. The number of allylic oxidation sites excluding steroid dienone is 1. The van der Waals surface area contributed by atoms with E-state index in [1.54, 1.807) is 0 Å². The van der Waals surface area contributed by atoms with Crippen LogP contribution in [0, 0.1) is 0 Å². The predicted molar refractivity (Wildman–Crippen MR) is 54.1 cm³/mol. The van der Waals surface area contributed by atoms with Crippen LogP contribution in [0.2, 0.25) is 0 Å². The molecule has 2 heteroatoms. The molecule has 0 amide bonds. The first kappa shape index (κ1) is 8.65. The summed E-state index contributed by atoms with van der Waals surface area (Å²) in [6.07, 6.45) is 3.96. The van der Waals surface area contributed by atoms with Crippen molar-refractivity contribution in [1.82, 2.24) is 0 Å². The van der Waals surface area contributed by atoms with Crippen molar-refractivity contribution < 1.29 is 0 Å². The number of nitrogens with zero attached hydrogens (tertiary/aromatic N) is 1. The average molecular weight is 162 g/mol. The molecule has 0 spiro atoms. The summed E-state index contributed by atoms with van der Waals surface area (Å²) in [5, 5.41) is 0. The molecule has 2 nitrogen and oxygen atoms in total. The highest BCUT2D eigenvalue weighted by molar-refractivity contribution is 5.68. The highest BCUT2D eigenvalue weighted by Gasteiger charge is 1.98. The Morgan fingerprint density at radius 3 is 2.58 bits per heavy atom. The molecule has 0 aliphatic carbocycles. The minimum Gasteiger partial charge on any atom is -0.397 e. The van der Waals surface area contributed by atoms with Gasteiger partial charge in [-0.25, -0.2) is 0 Å². The molecule has 1 aromatic carbocycles. The number of nitrogen functional groups attached to an aromatic ring is 1. The molecule has 0 saturated carbocycles. The van der Waals surface area contributed by atoms with Gasteiger partial charge in [0.2, 0.25) is 0 Å². The summed E-state index contributed by atoms with van der Waals surface area (Å²) in [6, 6.07) is 7.80. The van der Waals surface area contributed by atoms with Crippen molar-refractivity contribution in [2.24, 2.45) is 0 Å². The van der Waals surface area contributed by atoms with Gasteiger partial charge in [0.25, 0.3) is 0 Å². The van der Waals surface area contributed by atoms with Crippen molar-refractivity contribution in [3.8, 4) is 0 Å². The number of anilines is 2. The van der Waals surface area contributed by atoms with Crippen LogP contribution in [0.4, 0.5) is 11.4 Å². The molecule has 0 aliphatic rings. The van der Waals surface area contributed by atoms with Gasteiger partial charge < -0.3 is 10.6 Å². The van der Waals surface area contributed by atoms with Crippen molar-refractivity contribution in [2.75, 3.05) is 17.7 Å². The van der Waals surface area contributed by atoms with Gasteiger partial charge in [0, 0.05) is 7.05 Å². The zero-order chi connectivity index (χ0) is 8.97. The first-order valence-corrected chi connectivity index (χ1v) is 3.96. The minimum atomic E-state index is 0.804. The third-order valence-corrected chi connectivity index (χ3v) is 1.69. The lowest BCUT2D eigenvalue weighted by atomic mass is 10.2. The van der Waals surface area contributed by atoms with E-state index in [0.717, 1.165) is 11.4 Å². The number of hydrogen-bond acceptors (Lipinski definition) is 2. The van der Waals surface area contributed by atoms with Crippen molar-refractivity contribution >= 4 is 11.4 Å². The second-order valence-electron chi connectivity index (χ2n) is 2.65. The van der Waals surface area contributed by atoms with Crippen LogP contribution in [0.1, 0.15) is 6.92 Å². The molecule has 0 atom stereocenters. The van der Waals surface area contributed by atoms with E-state index in [2.05, 4.69) is 0 Å². The fourth-order valence-corrected chi connectivity index (χ4v) is 1.11. The summed E-state index contributed by atoms with van der Waals surface area (Å²) in [6.45, 7) is 1.98. The largest absolute Gasteiger partial charge is 0.397 e. The summed E-state index contributed by atoms with van der Waals surface area (Å²) in [5.74, 6) is 0. The Bertz CT molecular complexity index is 279. The van der Waals surface area contributed by atoms with Gasteiger partial charge in [0.15, 0.2) is 0 Å². The monoisotopic (exact) mass is 162 g/mol. The standard InChI is InChI=1S/C10H14N2/c1-3-8-12(2)10-7-5-4-6-9(10)11/h3-8H,11H2,1-2H3/b8-3-. The number of hydrogen-bond donors (Lipinski definition) is 1. The van der Waals surface area contributed by atoms with E-state index < -0.39 is 0 Å². The lowest BCUT2D eigenvalue weighted by Crippen LogP contribution is -2.09. The maximum absolute atomic E-state index is 5.78. The van der Waals surface area contributed by atoms with Crippen molar-refractivity contribution in [3.05, 3.63) is 36.5 Å². The van der Waals surface area contributed by atoms with E-state index in [9.17, 15) is 0 Å². The molecule has 0 aliphatic heterocycles. The Hall–Kier alpha value is -1.44. The van der Waals surface area contributed by atoms with Gasteiger partial charge >= 0.3 is 0 Å². The Morgan fingerprint density at radius 1 is 1.33 bits per heavy atom. The topological polar surface area (TPSA) is 29.3 Å². The molecule has 0 saturated heterocycles. The molecular weight excluding hydrogens is 148 g/mol. The summed E-state index contributed by atoms with van der Waals surface area (Å²) in [4.78, 5) is 2.00. The molecule has 64 valence electrons. The molecule has 12 heavy (non-hydrogen) atoms. The van der Waals surface area contributed by atoms with E-state index >= 15 is 0 Å². The molecular formula is C10H14N2. The molecule has 0 heterocycles. The normalized spacial score (nSPS) is 10.5. The van der Waals surface area contributed by atoms with Gasteiger partial charge in [-0.15, -0.1) is 0 Å². The van der Waals surface area contributed by atoms with E-state index in [-0.39, 0.29) is 0 Å². The molecule has 1 rings (SSSR count). The fourth-order valence-electron chi connectivity index (χ4n) is 1.11. The van der Waals surface area contributed by atoms with Crippen LogP contribution in [0.5, 0.6) is 0 Å². The van der Waals surface area contributed by atoms with Gasteiger partial charge in [0.05, 0.1) is 11.4 Å². The van der Waals surface area contributed by atoms with E-state index in [0.29, 0.717) is 0 Å². The van der Waals surface area contributed by atoms with E-state index in [1.807, 2.05) is 55.4 Å². The Morgan fingerprint density at radius 2 is 2.00 bits per heavy atom.